The number of ether oxygens (including phenoxy) is 1. The zero-order chi connectivity index (χ0) is 28.7. The van der Waals surface area contributed by atoms with Gasteiger partial charge in [0, 0.05) is 30.1 Å². The fraction of sp³-hybridized carbons (Fsp3) is 0.433. The minimum Gasteiger partial charge on any atom is -0.493 e. The Morgan fingerprint density at radius 1 is 1.23 bits per heavy atom. The van der Waals surface area contributed by atoms with Crippen LogP contribution in [0.4, 0.5) is 4.39 Å². The van der Waals surface area contributed by atoms with Crippen molar-refractivity contribution < 1.29 is 28.6 Å². The molecular formula is C30H35FN4O5. The van der Waals surface area contributed by atoms with Crippen molar-refractivity contribution in [3.8, 4) is 18.1 Å². The lowest BCUT2D eigenvalue weighted by molar-refractivity contribution is -0.132. The summed E-state index contributed by atoms with van der Waals surface area (Å²) in [4.78, 5) is 37.4. The summed E-state index contributed by atoms with van der Waals surface area (Å²) >= 11 is 0. The van der Waals surface area contributed by atoms with E-state index < -0.39 is 48.1 Å². The number of aliphatic hydroxyl groups is 1. The molecule has 1 fully saturated rings. The number of amides is 3. The molecule has 10 heteroatoms. The zero-order valence-corrected chi connectivity index (χ0v) is 22.3. The molecule has 1 saturated carbocycles. The Morgan fingerprint density at radius 2 is 2.02 bits per heavy atom. The van der Waals surface area contributed by atoms with E-state index in [1.165, 1.54) is 12.1 Å². The van der Waals surface area contributed by atoms with Gasteiger partial charge in [-0.2, -0.15) is 0 Å². The maximum atomic E-state index is 14.4. The van der Waals surface area contributed by atoms with Crippen LogP contribution in [0.5, 0.6) is 5.75 Å². The molecule has 9 nitrogen and oxygen atoms in total. The highest BCUT2D eigenvalue weighted by Gasteiger charge is 2.44. The first-order valence-electron chi connectivity index (χ1n) is 13.5. The van der Waals surface area contributed by atoms with E-state index in [1.54, 1.807) is 6.07 Å². The molecular weight excluding hydrogens is 515 g/mol. The van der Waals surface area contributed by atoms with E-state index in [-0.39, 0.29) is 31.5 Å². The molecule has 6 N–H and O–H groups in total. The Bertz CT molecular complexity index is 1290. The van der Waals surface area contributed by atoms with E-state index in [4.69, 9.17) is 16.9 Å². The smallest absolute Gasteiger partial charge is 0.243 e. The monoisotopic (exact) mass is 550 g/mol. The van der Waals surface area contributed by atoms with Gasteiger partial charge in [-0.3, -0.25) is 14.4 Å². The number of hydrogen-bond acceptors (Lipinski definition) is 6. The van der Waals surface area contributed by atoms with Gasteiger partial charge in [0.15, 0.2) is 0 Å². The highest BCUT2D eigenvalue weighted by Crippen LogP contribution is 2.45. The molecule has 0 aromatic heterocycles. The molecule has 4 rings (SSSR count). The van der Waals surface area contributed by atoms with Crippen LogP contribution in [-0.4, -0.2) is 54.2 Å². The summed E-state index contributed by atoms with van der Waals surface area (Å²) < 4.78 is 20.1. The lowest BCUT2D eigenvalue weighted by atomic mass is 9.98. The van der Waals surface area contributed by atoms with Gasteiger partial charge in [-0.05, 0) is 67.5 Å². The van der Waals surface area contributed by atoms with E-state index in [0.29, 0.717) is 24.2 Å². The van der Waals surface area contributed by atoms with Crippen molar-refractivity contribution in [3.05, 3.63) is 65.0 Å². The Balaban J connectivity index is 1.57. The first-order chi connectivity index (χ1) is 19.2. The van der Waals surface area contributed by atoms with Crippen LogP contribution in [0.2, 0.25) is 0 Å². The molecule has 2 bridgehead atoms. The van der Waals surface area contributed by atoms with Gasteiger partial charge in [-0.25, -0.2) is 4.39 Å². The van der Waals surface area contributed by atoms with E-state index in [2.05, 4.69) is 21.9 Å². The Labute approximate surface area is 233 Å². The van der Waals surface area contributed by atoms with Crippen molar-refractivity contribution in [1.29, 1.82) is 0 Å². The Kier molecular flexibility index (Phi) is 9.40. The number of rotatable bonds is 7. The van der Waals surface area contributed by atoms with Crippen LogP contribution in [0.15, 0.2) is 42.5 Å². The predicted octanol–water partition coefficient (Wildman–Crippen LogP) is 1.40. The second kappa shape index (κ2) is 12.9. The van der Waals surface area contributed by atoms with E-state index in [0.717, 1.165) is 24.0 Å². The maximum Gasteiger partial charge on any atom is 0.243 e. The summed E-state index contributed by atoms with van der Waals surface area (Å²) in [5.74, 6) is 0.612. The molecule has 2 aliphatic rings. The average Bonchev–Trinajstić information content (AvgIpc) is 3.71. The lowest BCUT2D eigenvalue weighted by Gasteiger charge is -2.29. The predicted molar refractivity (Wildman–Crippen MR) is 146 cm³/mol. The van der Waals surface area contributed by atoms with Crippen molar-refractivity contribution >= 4 is 17.7 Å². The van der Waals surface area contributed by atoms with Gasteiger partial charge in [0.25, 0.3) is 0 Å². The first-order valence-corrected chi connectivity index (χ1v) is 13.5. The van der Waals surface area contributed by atoms with E-state index >= 15 is 0 Å². The highest BCUT2D eigenvalue weighted by molar-refractivity contribution is 5.91. The normalized spacial score (nSPS) is 21.8. The van der Waals surface area contributed by atoms with Crippen LogP contribution < -0.4 is 26.4 Å². The number of primary amides is 1. The standard InChI is InChI=1S/C30H35FN4O5/c1-2-19-6-5-7-21(12-19)30(9-10-30)33-18-26(36)24-15-20-13-22(31)16-23(14-20)40-11-4-3-8-28(38)34-25(17-27(32)37)29(39)35-24/h1,5-7,12-14,16,24-26,33,36H,3-4,8-11,15,17-18H2,(H2,32,37)(H,34,38)(H,35,39)/t24-,25?,26+/m0/s1. The topological polar surface area (TPSA) is 143 Å². The summed E-state index contributed by atoms with van der Waals surface area (Å²) in [6.07, 6.45) is 6.93. The molecule has 1 aliphatic heterocycles. The summed E-state index contributed by atoms with van der Waals surface area (Å²) in [7, 11) is 0. The molecule has 212 valence electrons. The van der Waals surface area contributed by atoms with Crippen LogP contribution in [0.1, 0.15) is 55.2 Å². The summed E-state index contributed by atoms with van der Waals surface area (Å²) in [5.41, 5.74) is 7.27. The van der Waals surface area contributed by atoms with Crippen molar-refractivity contribution in [1.82, 2.24) is 16.0 Å². The molecule has 1 unspecified atom stereocenters. The molecule has 3 amide bonds. The number of benzene rings is 2. The molecule has 0 radical (unpaired) electrons. The van der Waals surface area contributed by atoms with E-state index in [1.807, 2.05) is 24.3 Å². The number of carbonyl (C=O) groups excluding carboxylic acids is 3. The van der Waals surface area contributed by atoms with Crippen LogP contribution in [0, 0.1) is 18.2 Å². The Hall–Kier alpha value is -3.94. The van der Waals surface area contributed by atoms with E-state index in [9.17, 15) is 23.9 Å². The number of nitrogens with two attached hydrogens (primary N) is 1. The lowest BCUT2D eigenvalue weighted by Crippen LogP contribution is -2.56. The second-order valence-corrected chi connectivity index (χ2v) is 10.5. The number of carbonyl (C=O) groups is 3. The minimum absolute atomic E-state index is 0.0690. The molecule has 1 aliphatic carbocycles. The molecule has 2 aromatic rings. The van der Waals surface area contributed by atoms with Gasteiger partial charge >= 0.3 is 0 Å². The summed E-state index contributed by atoms with van der Waals surface area (Å²) in [6.45, 7) is 0.383. The fourth-order valence-corrected chi connectivity index (χ4v) is 4.94. The largest absolute Gasteiger partial charge is 0.493 e. The summed E-state index contributed by atoms with van der Waals surface area (Å²) in [6, 6.07) is 9.80. The molecule has 0 saturated heterocycles. The fourth-order valence-electron chi connectivity index (χ4n) is 4.94. The number of nitrogens with one attached hydrogen (secondary N) is 3. The number of fused-ring (bicyclic) bond motifs is 2. The third-order valence-electron chi connectivity index (χ3n) is 7.28. The zero-order valence-electron chi connectivity index (χ0n) is 22.3. The molecule has 3 atom stereocenters. The van der Waals surface area contributed by atoms with Gasteiger partial charge in [0.2, 0.25) is 17.7 Å². The average molecular weight is 551 g/mol. The number of hydrogen-bond donors (Lipinski definition) is 5. The third kappa shape index (κ3) is 7.81. The van der Waals surface area contributed by atoms with Gasteiger partial charge in [-0.1, -0.05) is 18.1 Å². The molecule has 1 heterocycles. The van der Waals surface area contributed by atoms with Crippen LogP contribution in [0.25, 0.3) is 0 Å². The van der Waals surface area contributed by atoms with Crippen LogP contribution >= 0.6 is 0 Å². The Morgan fingerprint density at radius 3 is 2.75 bits per heavy atom. The van der Waals surface area contributed by atoms with Crippen LogP contribution in [0.3, 0.4) is 0 Å². The number of aliphatic hydroxyl groups excluding tert-OH is 1. The van der Waals surface area contributed by atoms with Gasteiger partial charge in [-0.15, -0.1) is 6.42 Å². The number of halogens is 1. The maximum absolute atomic E-state index is 14.4. The van der Waals surface area contributed by atoms with Crippen molar-refractivity contribution in [2.75, 3.05) is 13.2 Å². The highest BCUT2D eigenvalue weighted by atomic mass is 19.1. The van der Waals surface area contributed by atoms with Gasteiger partial charge in [0.05, 0.1) is 25.2 Å². The van der Waals surface area contributed by atoms with Crippen molar-refractivity contribution in [2.24, 2.45) is 5.73 Å². The quantitative estimate of drug-likeness (QED) is 0.330. The van der Waals surface area contributed by atoms with Crippen molar-refractivity contribution in [2.45, 2.75) is 68.7 Å². The SMILES string of the molecule is C#Cc1cccc(C2(NC[C@@H](O)[C@@H]3Cc4cc(F)cc(c4)OCCCCC(=O)NC(CC(N)=O)C(=O)N3)CC2)c1. The number of terminal acetylenes is 1. The molecule has 0 spiro atoms. The summed E-state index contributed by atoms with van der Waals surface area (Å²) in [5, 5.41) is 20.0. The van der Waals surface area contributed by atoms with Crippen LogP contribution in [-0.2, 0) is 26.3 Å². The van der Waals surface area contributed by atoms with Gasteiger partial charge < -0.3 is 31.5 Å². The first kappa shape index (κ1) is 29.1. The van der Waals surface area contributed by atoms with Gasteiger partial charge in [0.1, 0.15) is 17.6 Å². The minimum atomic E-state index is -1.21. The molecule has 40 heavy (non-hydrogen) atoms. The third-order valence-corrected chi connectivity index (χ3v) is 7.28. The molecule has 2 aromatic carbocycles. The van der Waals surface area contributed by atoms with Crippen molar-refractivity contribution in [3.63, 3.8) is 0 Å². The second-order valence-electron chi connectivity index (χ2n) is 10.5.